The van der Waals surface area contributed by atoms with Crippen LogP contribution in [0.1, 0.15) is 31.4 Å². The van der Waals surface area contributed by atoms with Crippen LogP contribution in [-0.4, -0.2) is 34.5 Å². The van der Waals surface area contributed by atoms with Gasteiger partial charge >= 0.3 is 0 Å². The van der Waals surface area contributed by atoms with E-state index in [1.807, 2.05) is 13.8 Å². The van der Waals surface area contributed by atoms with Crippen molar-refractivity contribution in [2.24, 2.45) is 5.92 Å². The fraction of sp³-hybridized carbons (Fsp3) is 0.409. The Kier molecular flexibility index (Phi) is 7.67. The molecule has 0 saturated carbocycles. The van der Waals surface area contributed by atoms with Crippen LogP contribution in [0.5, 0.6) is 5.75 Å². The first-order valence-corrected chi connectivity index (χ1v) is 11.1. The van der Waals surface area contributed by atoms with Crippen molar-refractivity contribution in [3.05, 3.63) is 53.6 Å². The van der Waals surface area contributed by atoms with E-state index in [0.29, 0.717) is 23.9 Å². The fourth-order valence-corrected chi connectivity index (χ4v) is 3.90. The largest absolute Gasteiger partial charge is 0.484 e. The Morgan fingerprint density at radius 2 is 1.72 bits per heavy atom. The summed E-state index contributed by atoms with van der Waals surface area (Å²) in [6, 6.07) is 11.7. The van der Waals surface area contributed by atoms with Gasteiger partial charge in [-0.15, -0.1) is 0 Å². The highest BCUT2D eigenvalue weighted by Gasteiger charge is 2.21. The van der Waals surface area contributed by atoms with Crippen molar-refractivity contribution in [1.82, 2.24) is 5.32 Å². The van der Waals surface area contributed by atoms with Gasteiger partial charge in [-0.3, -0.25) is 9.10 Å². The molecule has 0 heterocycles. The van der Waals surface area contributed by atoms with Crippen LogP contribution in [0, 0.1) is 19.8 Å². The van der Waals surface area contributed by atoms with Gasteiger partial charge in [-0.25, -0.2) is 8.42 Å². The molecular formula is C22H30N2O4S. The number of benzene rings is 2. The average molecular weight is 419 g/mol. The molecule has 1 N–H and O–H groups in total. The van der Waals surface area contributed by atoms with Gasteiger partial charge in [-0.05, 0) is 73.7 Å². The molecule has 0 fully saturated rings. The molecule has 158 valence electrons. The molecule has 0 aromatic heterocycles. The van der Waals surface area contributed by atoms with Crippen molar-refractivity contribution in [1.29, 1.82) is 0 Å². The molecule has 0 aliphatic rings. The molecule has 0 atom stereocenters. The maximum absolute atomic E-state index is 12.9. The number of sulfonamides is 1. The van der Waals surface area contributed by atoms with E-state index < -0.39 is 10.0 Å². The van der Waals surface area contributed by atoms with Gasteiger partial charge in [-0.2, -0.15) is 0 Å². The van der Waals surface area contributed by atoms with Crippen LogP contribution in [0.4, 0.5) is 5.69 Å². The third-order valence-electron chi connectivity index (χ3n) is 4.75. The van der Waals surface area contributed by atoms with Crippen LogP contribution in [0.3, 0.4) is 0 Å². The third-order valence-corrected chi connectivity index (χ3v) is 6.53. The molecule has 7 heteroatoms. The predicted octanol–water partition coefficient (Wildman–Crippen LogP) is 3.67. The highest BCUT2D eigenvalue weighted by atomic mass is 32.2. The fourth-order valence-electron chi connectivity index (χ4n) is 2.62. The summed E-state index contributed by atoms with van der Waals surface area (Å²) >= 11 is 0. The summed E-state index contributed by atoms with van der Waals surface area (Å²) in [6.45, 7) is 8.58. The van der Waals surface area contributed by atoms with E-state index in [9.17, 15) is 13.2 Å². The number of hydrogen-bond donors (Lipinski definition) is 1. The molecule has 0 unspecified atom stereocenters. The second-order valence-electron chi connectivity index (χ2n) is 7.53. The number of carbonyl (C=O) groups is 1. The van der Waals surface area contributed by atoms with Gasteiger partial charge in [0.1, 0.15) is 5.75 Å². The zero-order valence-corrected chi connectivity index (χ0v) is 18.5. The number of hydrogen-bond acceptors (Lipinski definition) is 4. The molecular weight excluding hydrogens is 388 g/mol. The SMILES string of the molecule is Cc1ccc(S(=O)(=O)N(C)c2ccc(OCC(=O)NCCC(C)C)cc2)cc1C. The predicted molar refractivity (Wildman–Crippen MR) is 116 cm³/mol. The standard InChI is InChI=1S/C22H30N2O4S/c1-16(2)12-13-23-22(25)15-28-20-9-7-19(8-10-20)24(5)29(26,27)21-11-6-17(3)18(4)14-21/h6-11,14,16H,12-13,15H2,1-5H3,(H,23,25). The van der Waals surface area contributed by atoms with E-state index in [0.717, 1.165) is 17.5 Å². The Morgan fingerprint density at radius 1 is 1.07 bits per heavy atom. The lowest BCUT2D eigenvalue weighted by Gasteiger charge is -2.20. The van der Waals surface area contributed by atoms with E-state index in [-0.39, 0.29) is 17.4 Å². The molecule has 0 saturated heterocycles. The molecule has 1 amide bonds. The summed E-state index contributed by atoms with van der Waals surface area (Å²) in [5.41, 5.74) is 2.48. The summed E-state index contributed by atoms with van der Waals surface area (Å²) in [6.07, 6.45) is 0.918. The van der Waals surface area contributed by atoms with Gasteiger partial charge in [0.15, 0.2) is 6.61 Å². The lowest BCUT2D eigenvalue weighted by Crippen LogP contribution is -2.30. The minimum absolute atomic E-state index is 0.0752. The van der Waals surface area contributed by atoms with Crippen molar-refractivity contribution < 1.29 is 17.9 Å². The average Bonchev–Trinajstić information content (AvgIpc) is 2.68. The van der Waals surface area contributed by atoms with Gasteiger partial charge in [-0.1, -0.05) is 19.9 Å². The van der Waals surface area contributed by atoms with Crippen molar-refractivity contribution in [3.8, 4) is 5.75 Å². The second kappa shape index (κ2) is 9.78. The minimum Gasteiger partial charge on any atom is -0.484 e. The van der Waals surface area contributed by atoms with Gasteiger partial charge in [0.2, 0.25) is 0 Å². The third kappa shape index (κ3) is 6.22. The number of anilines is 1. The molecule has 2 rings (SSSR count). The van der Waals surface area contributed by atoms with E-state index in [2.05, 4.69) is 19.2 Å². The van der Waals surface area contributed by atoms with Crippen LogP contribution in [-0.2, 0) is 14.8 Å². The monoisotopic (exact) mass is 418 g/mol. The zero-order chi connectivity index (χ0) is 21.6. The van der Waals surface area contributed by atoms with Crippen molar-refractivity contribution in [2.45, 2.75) is 39.0 Å². The van der Waals surface area contributed by atoms with Crippen molar-refractivity contribution in [3.63, 3.8) is 0 Å². The van der Waals surface area contributed by atoms with E-state index >= 15 is 0 Å². The molecule has 2 aromatic rings. The maximum atomic E-state index is 12.9. The van der Waals surface area contributed by atoms with Crippen molar-refractivity contribution in [2.75, 3.05) is 24.5 Å². The molecule has 0 radical (unpaired) electrons. The lowest BCUT2D eigenvalue weighted by atomic mass is 10.1. The van der Waals surface area contributed by atoms with E-state index in [4.69, 9.17) is 4.74 Å². The quantitative estimate of drug-likeness (QED) is 0.674. The molecule has 6 nitrogen and oxygen atoms in total. The Balaban J connectivity index is 2.00. The van der Waals surface area contributed by atoms with E-state index in [1.54, 1.807) is 42.5 Å². The maximum Gasteiger partial charge on any atom is 0.264 e. The van der Waals surface area contributed by atoms with Gasteiger partial charge < -0.3 is 10.1 Å². The van der Waals surface area contributed by atoms with E-state index in [1.165, 1.54) is 11.4 Å². The highest BCUT2D eigenvalue weighted by molar-refractivity contribution is 7.92. The van der Waals surface area contributed by atoms with Crippen molar-refractivity contribution >= 4 is 21.6 Å². The van der Waals surface area contributed by atoms with Gasteiger partial charge in [0.05, 0.1) is 10.6 Å². The second-order valence-corrected chi connectivity index (χ2v) is 9.50. The molecule has 2 aromatic carbocycles. The van der Waals surface area contributed by atoms with Crippen LogP contribution >= 0.6 is 0 Å². The Bertz CT molecular complexity index is 938. The Hall–Kier alpha value is -2.54. The van der Waals surface area contributed by atoms with Crippen LogP contribution < -0.4 is 14.4 Å². The molecule has 0 aliphatic carbocycles. The molecule has 29 heavy (non-hydrogen) atoms. The number of nitrogens with zero attached hydrogens (tertiary/aromatic N) is 1. The number of rotatable bonds is 9. The number of nitrogens with one attached hydrogen (secondary N) is 1. The zero-order valence-electron chi connectivity index (χ0n) is 17.7. The minimum atomic E-state index is -3.66. The lowest BCUT2D eigenvalue weighted by molar-refractivity contribution is -0.123. The summed E-state index contributed by atoms with van der Waals surface area (Å²) < 4.78 is 32.5. The Labute approximate surface area is 173 Å². The first kappa shape index (κ1) is 22.7. The Morgan fingerprint density at radius 3 is 2.31 bits per heavy atom. The molecule has 0 bridgehead atoms. The normalized spacial score (nSPS) is 11.4. The first-order chi connectivity index (χ1) is 13.6. The topological polar surface area (TPSA) is 75.7 Å². The van der Waals surface area contributed by atoms with Crippen LogP contribution in [0.2, 0.25) is 0 Å². The van der Waals surface area contributed by atoms with Gasteiger partial charge in [0, 0.05) is 13.6 Å². The summed E-state index contributed by atoms with van der Waals surface area (Å²) in [5.74, 6) is 0.856. The number of carbonyl (C=O) groups excluding carboxylic acids is 1. The summed E-state index contributed by atoms with van der Waals surface area (Å²) in [7, 11) is -2.14. The first-order valence-electron chi connectivity index (χ1n) is 9.67. The smallest absolute Gasteiger partial charge is 0.264 e. The van der Waals surface area contributed by atoms with Gasteiger partial charge in [0.25, 0.3) is 15.9 Å². The van der Waals surface area contributed by atoms with Crippen LogP contribution in [0.15, 0.2) is 47.4 Å². The molecule has 0 aliphatic heterocycles. The number of ether oxygens (including phenoxy) is 1. The number of amides is 1. The molecule has 0 spiro atoms. The summed E-state index contributed by atoms with van der Waals surface area (Å²) in [4.78, 5) is 12.0. The number of aryl methyl sites for hydroxylation is 2. The van der Waals surface area contributed by atoms with Crippen LogP contribution in [0.25, 0.3) is 0 Å². The summed E-state index contributed by atoms with van der Waals surface area (Å²) in [5, 5.41) is 2.81. The highest BCUT2D eigenvalue weighted by Crippen LogP contribution is 2.25.